The average Bonchev–Trinajstić information content (AvgIpc) is 2.57. The van der Waals surface area contributed by atoms with Crippen LogP contribution in [0, 0.1) is 0 Å². The van der Waals surface area contributed by atoms with Gasteiger partial charge in [0.1, 0.15) is 0 Å². The van der Waals surface area contributed by atoms with Crippen molar-refractivity contribution in [2.75, 3.05) is 16.6 Å². The molecule has 0 aliphatic heterocycles. The molecular formula is C16H15Cl4NO3S2. The van der Waals surface area contributed by atoms with E-state index in [2.05, 4.69) is 0 Å². The van der Waals surface area contributed by atoms with E-state index < -0.39 is 20.0 Å². The summed E-state index contributed by atoms with van der Waals surface area (Å²) in [6, 6.07) is 11.5. The molecule has 0 fully saturated rings. The largest absolute Gasteiger partial charge is 0.286 e. The van der Waals surface area contributed by atoms with Crippen molar-refractivity contribution in [1.29, 1.82) is 0 Å². The maximum atomic E-state index is 13.1. The molecule has 0 heterocycles. The highest BCUT2D eigenvalue weighted by atomic mass is 35.7. The van der Waals surface area contributed by atoms with Gasteiger partial charge in [-0.1, -0.05) is 34.8 Å². The third-order valence-corrected chi connectivity index (χ3v) is 6.89. The molecule has 26 heavy (non-hydrogen) atoms. The second-order valence-corrected chi connectivity index (χ2v) is 10.9. The van der Waals surface area contributed by atoms with Crippen LogP contribution in [0.2, 0.25) is 15.1 Å². The number of benzene rings is 2. The highest BCUT2D eigenvalue weighted by Crippen LogP contribution is 2.32. The first-order valence-electron chi connectivity index (χ1n) is 7.50. The second-order valence-electron chi connectivity index (χ2n) is 5.35. The standard InChI is InChI=1S/C16H15Cl4NO3S2/c17-12-3-6-14(7-4-12)25(22)21(9-1-2-10-26(20,23)24)16-11-13(18)5-8-15(16)19/h3-8,11H,1-2,9-10H2. The molecule has 2 rings (SSSR count). The maximum absolute atomic E-state index is 13.1. The minimum absolute atomic E-state index is 0.154. The van der Waals surface area contributed by atoms with Gasteiger partial charge in [-0.15, -0.1) is 0 Å². The van der Waals surface area contributed by atoms with Crippen molar-refractivity contribution in [2.45, 2.75) is 17.7 Å². The summed E-state index contributed by atoms with van der Waals surface area (Å²) in [5, 5.41) is 1.37. The predicted octanol–water partition coefficient (Wildman–Crippen LogP) is 5.52. The van der Waals surface area contributed by atoms with Gasteiger partial charge in [-0.3, -0.25) is 4.31 Å². The zero-order chi connectivity index (χ0) is 19.3. The highest BCUT2D eigenvalue weighted by Gasteiger charge is 2.19. The molecule has 0 bridgehead atoms. The van der Waals surface area contributed by atoms with Crippen LogP contribution in [0.5, 0.6) is 0 Å². The molecule has 1 unspecified atom stereocenters. The van der Waals surface area contributed by atoms with Gasteiger partial charge in [0, 0.05) is 27.3 Å². The Labute approximate surface area is 175 Å². The molecule has 0 radical (unpaired) electrons. The van der Waals surface area contributed by atoms with E-state index in [1.54, 1.807) is 46.8 Å². The lowest BCUT2D eigenvalue weighted by molar-refractivity contribution is 0.605. The molecule has 2 aromatic rings. The van der Waals surface area contributed by atoms with Crippen LogP contribution in [0.1, 0.15) is 12.8 Å². The topological polar surface area (TPSA) is 54.5 Å². The molecule has 0 spiro atoms. The van der Waals surface area contributed by atoms with Crippen molar-refractivity contribution in [1.82, 2.24) is 0 Å². The molecule has 0 saturated carbocycles. The Kier molecular flexibility index (Phi) is 8.07. The van der Waals surface area contributed by atoms with Gasteiger partial charge in [0.2, 0.25) is 9.05 Å². The summed E-state index contributed by atoms with van der Waals surface area (Å²) >= 11 is 18.2. The SMILES string of the molecule is O=S(c1ccc(Cl)cc1)N(CCCCS(=O)(=O)Cl)c1cc(Cl)ccc1Cl. The van der Waals surface area contributed by atoms with Gasteiger partial charge in [-0.25, -0.2) is 12.6 Å². The van der Waals surface area contributed by atoms with Crippen LogP contribution in [-0.4, -0.2) is 24.9 Å². The molecule has 10 heteroatoms. The quantitative estimate of drug-likeness (QED) is 0.373. The van der Waals surface area contributed by atoms with Gasteiger partial charge in [0.25, 0.3) is 0 Å². The number of halogens is 4. The van der Waals surface area contributed by atoms with Crippen LogP contribution in [-0.2, 0) is 20.0 Å². The van der Waals surface area contributed by atoms with Gasteiger partial charge in [0.05, 0.1) is 21.4 Å². The Morgan fingerprint density at radius 3 is 2.15 bits per heavy atom. The lowest BCUT2D eigenvalue weighted by Crippen LogP contribution is -2.27. The molecule has 2 aromatic carbocycles. The van der Waals surface area contributed by atoms with Crippen molar-refractivity contribution in [3.05, 3.63) is 57.5 Å². The predicted molar refractivity (Wildman–Crippen MR) is 111 cm³/mol. The number of hydrogen-bond acceptors (Lipinski definition) is 3. The highest BCUT2D eigenvalue weighted by molar-refractivity contribution is 8.13. The van der Waals surface area contributed by atoms with E-state index in [4.69, 9.17) is 45.5 Å². The Balaban J connectivity index is 2.27. The summed E-state index contributed by atoms with van der Waals surface area (Å²) in [7, 11) is 0.0951. The summed E-state index contributed by atoms with van der Waals surface area (Å²) in [4.78, 5) is 0.537. The molecule has 0 saturated heterocycles. The first-order chi connectivity index (χ1) is 12.2. The summed E-state index contributed by atoms with van der Waals surface area (Å²) in [6.07, 6.45) is 0.784. The number of hydrogen-bond donors (Lipinski definition) is 0. The first kappa shape index (κ1) is 21.8. The molecule has 0 amide bonds. The fourth-order valence-electron chi connectivity index (χ4n) is 2.18. The minimum atomic E-state index is -3.56. The third kappa shape index (κ3) is 6.59. The Morgan fingerprint density at radius 2 is 1.54 bits per heavy atom. The van der Waals surface area contributed by atoms with E-state index in [1.807, 2.05) is 0 Å². The van der Waals surface area contributed by atoms with Crippen molar-refractivity contribution in [3.63, 3.8) is 0 Å². The molecule has 0 aromatic heterocycles. The van der Waals surface area contributed by atoms with Crippen molar-refractivity contribution in [2.24, 2.45) is 0 Å². The number of anilines is 1. The summed E-state index contributed by atoms with van der Waals surface area (Å²) in [5.74, 6) is -0.154. The van der Waals surface area contributed by atoms with Gasteiger partial charge in [0.15, 0.2) is 11.0 Å². The zero-order valence-electron chi connectivity index (χ0n) is 13.4. The van der Waals surface area contributed by atoms with Gasteiger partial charge in [-0.2, -0.15) is 0 Å². The molecule has 1 atom stereocenters. The van der Waals surface area contributed by atoms with Crippen LogP contribution < -0.4 is 4.31 Å². The van der Waals surface area contributed by atoms with Crippen molar-refractivity contribution < 1.29 is 12.6 Å². The molecule has 142 valence electrons. The van der Waals surface area contributed by atoms with E-state index in [9.17, 15) is 12.6 Å². The maximum Gasteiger partial charge on any atom is 0.232 e. The Bertz CT molecular complexity index is 889. The Morgan fingerprint density at radius 1 is 0.923 bits per heavy atom. The van der Waals surface area contributed by atoms with E-state index in [0.717, 1.165) is 0 Å². The van der Waals surface area contributed by atoms with E-state index in [-0.39, 0.29) is 5.75 Å². The molecule has 4 nitrogen and oxygen atoms in total. The first-order valence-corrected chi connectivity index (χ1v) is 12.2. The van der Waals surface area contributed by atoms with Gasteiger partial charge < -0.3 is 0 Å². The number of nitrogens with zero attached hydrogens (tertiary/aromatic N) is 1. The van der Waals surface area contributed by atoms with Gasteiger partial charge in [-0.05, 0) is 55.3 Å². The monoisotopic (exact) mass is 473 g/mol. The summed E-state index contributed by atoms with van der Waals surface area (Å²) in [5.41, 5.74) is 0.501. The minimum Gasteiger partial charge on any atom is -0.286 e. The van der Waals surface area contributed by atoms with Gasteiger partial charge >= 0.3 is 0 Å². The van der Waals surface area contributed by atoms with E-state index in [0.29, 0.717) is 45.0 Å². The third-order valence-electron chi connectivity index (χ3n) is 3.39. The summed E-state index contributed by atoms with van der Waals surface area (Å²) in [6.45, 7) is 0.307. The lowest BCUT2D eigenvalue weighted by atomic mass is 10.3. The fraction of sp³-hybridized carbons (Fsp3) is 0.250. The number of unbranched alkanes of at least 4 members (excludes halogenated alkanes) is 1. The van der Waals surface area contributed by atoms with Crippen molar-refractivity contribution in [3.8, 4) is 0 Å². The Hall–Kier alpha value is -0.500. The smallest absolute Gasteiger partial charge is 0.232 e. The van der Waals surface area contributed by atoms with Crippen LogP contribution in [0.25, 0.3) is 0 Å². The van der Waals surface area contributed by atoms with Crippen LogP contribution in [0.15, 0.2) is 47.4 Å². The molecular weight excluding hydrogens is 460 g/mol. The van der Waals surface area contributed by atoms with Crippen LogP contribution in [0.3, 0.4) is 0 Å². The lowest BCUT2D eigenvalue weighted by Gasteiger charge is -2.24. The van der Waals surface area contributed by atoms with E-state index in [1.165, 1.54) is 0 Å². The average molecular weight is 475 g/mol. The molecule has 0 aliphatic rings. The normalized spacial score (nSPS) is 12.8. The van der Waals surface area contributed by atoms with E-state index >= 15 is 0 Å². The number of rotatable bonds is 8. The van der Waals surface area contributed by atoms with Crippen molar-refractivity contribution >= 4 is 71.2 Å². The van der Waals surface area contributed by atoms with Crippen LogP contribution in [0.4, 0.5) is 5.69 Å². The summed E-state index contributed by atoms with van der Waals surface area (Å²) < 4.78 is 36.8. The molecule has 0 aliphatic carbocycles. The fourth-order valence-corrected chi connectivity index (χ4v) is 4.86. The van der Waals surface area contributed by atoms with Crippen LogP contribution >= 0.6 is 45.5 Å². The second kappa shape index (κ2) is 9.62. The zero-order valence-corrected chi connectivity index (χ0v) is 18.0. The molecule has 0 N–H and O–H groups in total.